The lowest BCUT2D eigenvalue weighted by molar-refractivity contribution is -0.121. The van der Waals surface area contributed by atoms with Crippen molar-refractivity contribution >= 4 is 5.78 Å². The van der Waals surface area contributed by atoms with Gasteiger partial charge >= 0.3 is 0 Å². The van der Waals surface area contributed by atoms with Gasteiger partial charge in [0.15, 0.2) is 0 Å². The molecule has 0 N–H and O–H groups in total. The first-order chi connectivity index (χ1) is 11.0. The fourth-order valence-corrected chi connectivity index (χ4v) is 2.65. The van der Waals surface area contributed by atoms with Crippen LogP contribution in [0, 0.1) is 11.8 Å². The minimum absolute atomic E-state index is 0.145. The molecule has 0 aliphatic rings. The van der Waals surface area contributed by atoms with E-state index in [1.807, 2.05) is 24.7 Å². The Morgan fingerprint density at radius 2 is 1.74 bits per heavy atom. The molecule has 0 bridgehead atoms. The quantitative estimate of drug-likeness (QED) is 0.489. The number of Topliss-reactive ketones (excluding diaryl/α,β-unsaturated/α-hetero) is 1. The molecule has 4 nitrogen and oxygen atoms in total. The van der Waals surface area contributed by atoms with Crippen molar-refractivity contribution in [3.63, 3.8) is 0 Å². The molecule has 0 atom stereocenters. The van der Waals surface area contributed by atoms with E-state index in [0.29, 0.717) is 12.2 Å². The second kappa shape index (κ2) is 11.4. The summed E-state index contributed by atoms with van der Waals surface area (Å²) < 4.78 is 1.95. The topological polar surface area (TPSA) is 47.8 Å². The second-order valence-electron chi connectivity index (χ2n) is 7.40. The molecule has 1 heterocycles. The van der Waals surface area contributed by atoms with Crippen molar-refractivity contribution in [1.29, 1.82) is 0 Å². The van der Waals surface area contributed by atoms with Crippen molar-refractivity contribution in [1.82, 2.24) is 15.0 Å². The molecular weight excluding hydrogens is 286 g/mol. The number of carbonyl (C=O) groups is 1. The number of aryl methyl sites for hydroxylation is 2. The third-order valence-corrected chi connectivity index (χ3v) is 4.25. The smallest absolute Gasteiger partial charge is 0.135 e. The maximum absolute atomic E-state index is 11.6. The largest absolute Gasteiger partial charge is 0.299 e. The van der Waals surface area contributed by atoms with Crippen LogP contribution in [-0.2, 0) is 17.8 Å². The zero-order valence-corrected chi connectivity index (χ0v) is 15.6. The predicted octanol–water partition coefficient (Wildman–Crippen LogP) is 4.82. The summed E-state index contributed by atoms with van der Waals surface area (Å²) >= 11 is 0. The molecule has 0 radical (unpaired) electrons. The van der Waals surface area contributed by atoms with Gasteiger partial charge in [-0.3, -0.25) is 9.48 Å². The molecular formula is C19H35N3O. The van der Waals surface area contributed by atoms with Crippen LogP contribution in [0.15, 0.2) is 6.20 Å². The van der Waals surface area contributed by atoms with Crippen molar-refractivity contribution in [2.45, 2.75) is 92.0 Å². The van der Waals surface area contributed by atoms with Gasteiger partial charge in [-0.2, -0.15) is 0 Å². The fourth-order valence-electron chi connectivity index (χ4n) is 2.65. The standard InChI is InChI=1S/C19H35N3O/c1-16(2)11-8-6-5-7-9-14-22-15-18(20-21-22)12-10-13-19(23)17(3)4/h15-17H,5-14H2,1-4H3. The Hall–Kier alpha value is -1.19. The lowest BCUT2D eigenvalue weighted by atomic mass is 10.0. The first-order valence-electron chi connectivity index (χ1n) is 9.40. The van der Waals surface area contributed by atoms with Gasteiger partial charge in [0.1, 0.15) is 5.78 Å². The summed E-state index contributed by atoms with van der Waals surface area (Å²) in [6.07, 6.45) is 12.3. The number of carbonyl (C=O) groups excluding carboxylic acids is 1. The molecule has 1 aromatic heterocycles. The van der Waals surface area contributed by atoms with Crippen molar-refractivity contribution in [3.05, 3.63) is 11.9 Å². The molecule has 0 aromatic carbocycles. The highest BCUT2D eigenvalue weighted by Gasteiger charge is 2.08. The van der Waals surface area contributed by atoms with Crippen LogP contribution in [0.4, 0.5) is 0 Å². The fraction of sp³-hybridized carbons (Fsp3) is 0.842. The number of nitrogens with zero attached hydrogens (tertiary/aromatic N) is 3. The van der Waals surface area contributed by atoms with E-state index in [4.69, 9.17) is 0 Å². The average Bonchev–Trinajstić information content (AvgIpc) is 2.93. The van der Waals surface area contributed by atoms with E-state index < -0.39 is 0 Å². The van der Waals surface area contributed by atoms with Crippen LogP contribution in [0.3, 0.4) is 0 Å². The Morgan fingerprint density at radius 3 is 2.43 bits per heavy atom. The van der Waals surface area contributed by atoms with Crippen LogP contribution >= 0.6 is 0 Å². The molecule has 0 unspecified atom stereocenters. The van der Waals surface area contributed by atoms with Crippen LogP contribution in [-0.4, -0.2) is 20.8 Å². The Bertz CT molecular complexity index is 438. The summed E-state index contributed by atoms with van der Waals surface area (Å²) in [6.45, 7) is 9.47. The van der Waals surface area contributed by atoms with E-state index in [9.17, 15) is 4.79 Å². The normalized spacial score (nSPS) is 11.6. The lowest BCUT2D eigenvalue weighted by Crippen LogP contribution is -2.06. The van der Waals surface area contributed by atoms with Gasteiger partial charge in [-0.05, 0) is 25.2 Å². The van der Waals surface area contributed by atoms with E-state index in [2.05, 4.69) is 24.2 Å². The molecule has 0 amide bonds. The zero-order chi connectivity index (χ0) is 17.1. The predicted molar refractivity (Wildman–Crippen MR) is 95.3 cm³/mol. The summed E-state index contributed by atoms with van der Waals surface area (Å²) in [5, 5.41) is 8.40. The van der Waals surface area contributed by atoms with Gasteiger partial charge < -0.3 is 0 Å². The summed E-state index contributed by atoms with van der Waals surface area (Å²) in [5.74, 6) is 1.32. The van der Waals surface area contributed by atoms with E-state index in [-0.39, 0.29) is 5.92 Å². The van der Waals surface area contributed by atoms with Gasteiger partial charge in [-0.15, -0.1) is 5.10 Å². The molecule has 4 heteroatoms. The van der Waals surface area contributed by atoms with Crippen LogP contribution in [0.25, 0.3) is 0 Å². The molecule has 0 spiro atoms. The Balaban J connectivity index is 2.08. The molecule has 0 saturated carbocycles. The van der Waals surface area contributed by atoms with E-state index in [1.165, 1.54) is 38.5 Å². The summed E-state index contributed by atoms with van der Waals surface area (Å²) in [4.78, 5) is 11.6. The van der Waals surface area contributed by atoms with Gasteiger partial charge in [0.05, 0.1) is 5.69 Å². The number of ketones is 1. The highest BCUT2D eigenvalue weighted by molar-refractivity contribution is 5.80. The summed E-state index contributed by atoms with van der Waals surface area (Å²) in [7, 11) is 0. The van der Waals surface area contributed by atoms with Gasteiger partial charge in [-0.1, -0.05) is 65.0 Å². The first kappa shape index (κ1) is 19.9. The highest BCUT2D eigenvalue weighted by atomic mass is 16.1. The molecule has 0 aliphatic carbocycles. The number of aromatic nitrogens is 3. The molecule has 0 aliphatic heterocycles. The first-order valence-corrected chi connectivity index (χ1v) is 9.40. The van der Waals surface area contributed by atoms with Gasteiger partial charge in [0.2, 0.25) is 0 Å². The minimum atomic E-state index is 0.145. The van der Waals surface area contributed by atoms with Crippen LogP contribution < -0.4 is 0 Å². The average molecular weight is 322 g/mol. The van der Waals surface area contributed by atoms with E-state index >= 15 is 0 Å². The Labute approximate surface area is 142 Å². The molecule has 0 saturated heterocycles. The molecule has 1 rings (SSSR count). The SMILES string of the molecule is CC(C)CCCCCCCn1cc(CCCC(=O)C(C)C)nn1. The van der Waals surface area contributed by atoms with Gasteiger partial charge in [-0.25, -0.2) is 0 Å². The lowest BCUT2D eigenvalue weighted by Gasteiger charge is -2.04. The van der Waals surface area contributed by atoms with Crippen LogP contribution in [0.2, 0.25) is 0 Å². The number of hydrogen-bond acceptors (Lipinski definition) is 3. The Morgan fingerprint density at radius 1 is 1.04 bits per heavy atom. The van der Waals surface area contributed by atoms with Crippen molar-refractivity contribution in [2.75, 3.05) is 0 Å². The maximum Gasteiger partial charge on any atom is 0.135 e. The van der Waals surface area contributed by atoms with Gasteiger partial charge in [0.25, 0.3) is 0 Å². The highest BCUT2D eigenvalue weighted by Crippen LogP contribution is 2.11. The summed E-state index contributed by atoms with van der Waals surface area (Å²) in [6, 6.07) is 0. The second-order valence-corrected chi connectivity index (χ2v) is 7.40. The third kappa shape index (κ3) is 9.52. The van der Waals surface area contributed by atoms with Gasteiger partial charge in [0, 0.05) is 25.1 Å². The van der Waals surface area contributed by atoms with Crippen LogP contribution in [0.1, 0.15) is 84.8 Å². The number of unbranched alkanes of at least 4 members (excludes halogenated alkanes) is 4. The monoisotopic (exact) mass is 321 g/mol. The number of rotatable bonds is 13. The van der Waals surface area contributed by atoms with Crippen molar-refractivity contribution < 1.29 is 4.79 Å². The van der Waals surface area contributed by atoms with E-state index in [0.717, 1.165) is 31.0 Å². The minimum Gasteiger partial charge on any atom is -0.299 e. The molecule has 0 fully saturated rings. The third-order valence-electron chi connectivity index (χ3n) is 4.25. The van der Waals surface area contributed by atoms with Crippen molar-refractivity contribution in [3.8, 4) is 0 Å². The Kier molecular flexibility index (Phi) is 9.81. The zero-order valence-electron chi connectivity index (χ0n) is 15.6. The van der Waals surface area contributed by atoms with E-state index in [1.54, 1.807) is 0 Å². The molecule has 1 aromatic rings. The summed E-state index contributed by atoms with van der Waals surface area (Å²) in [5.41, 5.74) is 1.01. The number of hydrogen-bond donors (Lipinski definition) is 0. The molecule has 23 heavy (non-hydrogen) atoms. The molecule has 132 valence electrons. The van der Waals surface area contributed by atoms with Crippen molar-refractivity contribution in [2.24, 2.45) is 11.8 Å². The van der Waals surface area contributed by atoms with Crippen LogP contribution in [0.5, 0.6) is 0 Å². The maximum atomic E-state index is 11.6.